The molecule has 1 saturated heterocycles. The highest BCUT2D eigenvalue weighted by Crippen LogP contribution is 2.42. The van der Waals surface area contributed by atoms with Crippen LogP contribution in [-0.2, 0) is 4.79 Å². The average Bonchev–Trinajstić information content (AvgIpc) is 3.44. The Morgan fingerprint density at radius 2 is 1.92 bits per heavy atom. The lowest BCUT2D eigenvalue weighted by atomic mass is 9.98. The van der Waals surface area contributed by atoms with Gasteiger partial charge in [0.15, 0.2) is 5.76 Å². The number of hydrogen-bond acceptors (Lipinski definition) is 7. The predicted octanol–water partition coefficient (Wildman–Crippen LogP) is 4.78. The van der Waals surface area contributed by atoms with Crippen molar-refractivity contribution in [1.82, 2.24) is 15.4 Å². The largest absolute Gasteiger partial charge is 0.504 e. The van der Waals surface area contributed by atoms with Gasteiger partial charge in [-0.3, -0.25) is 4.79 Å². The Morgan fingerprint density at radius 3 is 2.61 bits per heavy atom. The molecule has 3 heterocycles. The number of nitrogens with zero attached hydrogens (tertiary/aromatic N) is 2. The molecule has 10 heteroatoms. The quantitative estimate of drug-likeness (QED) is 0.229. The third kappa shape index (κ3) is 5.52. The zero-order valence-electron chi connectivity index (χ0n) is 19.8. The molecule has 0 spiro atoms. The Balaban J connectivity index is 0.00000304. The van der Waals surface area contributed by atoms with Crippen LogP contribution >= 0.6 is 24.0 Å². The van der Waals surface area contributed by atoms with Crippen molar-refractivity contribution in [2.75, 3.05) is 44.6 Å². The summed E-state index contributed by atoms with van der Waals surface area (Å²) in [5.41, 5.74) is 3.43. The lowest BCUT2D eigenvalue weighted by Gasteiger charge is -2.26. The number of piperazine rings is 1. The first kappa shape index (κ1) is 26.0. The second kappa shape index (κ2) is 11.3. The van der Waals surface area contributed by atoms with Gasteiger partial charge in [-0.1, -0.05) is 28.9 Å². The maximum absolute atomic E-state index is 12.6. The first-order valence-electron chi connectivity index (χ1n) is 11.7. The molecule has 1 aromatic heterocycles. The lowest BCUT2D eigenvalue weighted by Crippen LogP contribution is -2.43. The van der Waals surface area contributed by atoms with Gasteiger partial charge < -0.3 is 29.9 Å². The lowest BCUT2D eigenvalue weighted by molar-refractivity contribution is -0.110. The molecule has 2 aliphatic rings. The molecule has 0 radical (unpaired) electrons. The Kier molecular flexibility index (Phi) is 8.21. The summed E-state index contributed by atoms with van der Waals surface area (Å²) in [6.45, 7) is 7.71. The van der Waals surface area contributed by atoms with Crippen LogP contribution in [0.5, 0.6) is 5.75 Å². The molecule has 0 saturated carbocycles. The summed E-state index contributed by atoms with van der Waals surface area (Å²) in [6.07, 6.45) is 0.975. The number of halogens is 2. The van der Waals surface area contributed by atoms with Gasteiger partial charge in [0.05, 0.1) is 28.6 Å². The summed E-state index contributed by atoms with van der Waals surface area (Å²) in [5.74, 6) is 0.238. The molecular formula is C26H28Cl2N4O4. The standard InChI is InChI=1S/C26H27ClN4O4.ClH/c1-16-13-23(35-30-16)25(32)24-20-14-19(21(27)15-22(20)29-26(24)33)17-3-5-18(6-4-17)34-12-2-9-31-10-7-28-8-11-31;/h3-6,13-15,28,32H,2,7-12H2,1H3,(H,29,33);1H. The van der Waals surface area contributed by atoms with Crippen LogP contribution in [-0.4, -0.2) is 60.4 Å². The predicted molar refractivity (Wildman–Crippen MR) is 143 cm³/mol. The number of nitrogens with one attached hydrogen (secondary N) is 2. The van der Waals surface area contributed by atoms with E-state index in [9.17, 15) is 9.90 Å². The van der Waals surface area contributed by atoms with Gasteiger partial charge in [-0.2, -0.15) is 0 Å². The van der Waals surface area contributed by atoms with E-state index in [0.29, 0.717) is 28.6 Å². The van der Waals surface area contributed by atoms with Crippen molar-refractivity contribution in [3.63, 3.8) is 0 Å². The Morgan fingerprint density at radius 1 is 1.17 bits per heavy atom. The van der Waals surface area contributed by atoms with Crippen molar-refractivity contribution in [2.45, 2.75) is 13.3 Å². The monoisotopic (exact) mass is 530 g/mol. The van der Waals surface area contributed by atoms with Gasteiger partial charge in [0.1, 0.15) is 5.75 Å². The molecule has 0 aliphatic carbocycles. The van der Waals surface area contributed by atoms with E-state index in [1.54, 1.807) is 25.1 Å². The summed E-state index contributed by atoms with van der Waals surface area (Å²) in [6, 6.07) is 12.8. The van der Waals surface area contributed by atoms with E-state index in [4.69, 9.17) is 20.9 Å². The van der Waals surface area contributed by atoms with Crippen LogP contribution in [0, 0.1) is 6.92 Å². The molecule has 8 nitrogen and oxygen atoms in total. The first-order valence-corrected chi connectivity index (χ1v) is 12.1. The summed E-state index contributed by atoms with van der Waals surface area (Å²) in [7, 11) is 0. The number of ether oxygens (including phenoxy) is 1. The summed E-state index contributed by atoms with van der Waals surface area (Å²) in [4.78, 5) is 15.1. The second-order valence-electron chi connectivity index (χ2n) is 8.71. The van der Waals surface area contributed by atoms with Crippen molar-refractivity contribution in [1.29, 1.82) is 0 Å². The number of carbonyl (C=O) groups is 1. The van der Waals surface area contributed by atoms with Gasteiger partial charge >= 0.3 is 0 Å². The minimum atomic E-state index is -0.427. The number of fused-ring (bicyclic) bond motifs is 1. The number of aliphatic hydroxyl groups is 1. The normalized spacial score (nSPS) is 16.8. The molecule has 5 rings (SSSR count). The van der Waals surface area contributed by atoms with Crippen LogP contribution in [0.3, 0.4) is 0 Å². The van der Waals surface area contributed by atoms with Gasteiger partial charge in [-0.25, -0.2) is 0 Å². The molecule has 1 amide bonds. The van der Waals surface area contributed by atoms with E-state index in [1.807, 2.05) is 24.3 Å². The van der Waals surface area contributed by atoms with Crippen molar-refractivity contribution in [3.8, 4) is 16.9 Å². The number of rotatable bonds is 7. The fourth-order valence-electron chi connectivity index (χ4n) is 4.39. The summed E-state index contributed by atoms with van der Waals surface area (Å²) < 4.78 is 11.1. The fraction of sp³-hybridized carbons (Fsp3) is 0.308. The minimum absolute atomic E-state index is 0. The van der Waals surface area contributed by atoms with E-state index in [1.165, 1.54) is 0 Å². The summed E-state index contributed by atoms with van der Waals surface area (Å²) in [5, 5.41) is 21.1. The molecule has 3 N–H and O–H groups in total. The summed E-state index contributed by atoms with van der Waals surface area (Å²) >= 11 is 6.56. The van der Waals surface area contributed by atoms with E-state index < -0.39 is 5.91 Å². The molecule has 36 heavy (non-hydrogen) atoms. The SMILES string of the molecule is Cc1cc(C(O)=C2C(=O)Nc3cc(Cl)c(-c4ccc(OCCCN5CCNCC5)cc4)cc32)on1.Cl. The molecule has 2 aliphatic heterocycles. The van der Waals surface area contributed by atoms with Crippen LogP contribution in [0.2, 0.25) is 5.02 Å². The van der Waals surface area contributed by atoms with E-state index in [-0.39, 0.29) is 29.5 Å². The number of aliphatic hydroxyl groups excluding tert-OH is 1. The highest BCUT2D eigenvalue weighted by molar-refractivity contribution is 6.38. The number of aromatic nitrogens is 1. The number of benzene rings is 2. The second-order valence-corrected chi connectivity index (χ2v) is 9.11. The third-order valence-corrected chi connectivity index (χ3v) is 6.53. The zero-order valence-corrected chi connectivity index (χ0v) is 21.4. The third-order valence-electron chi connectivity index (χ3n) is 6.21. The maximum atomic E-state index is 12.6. The number of aryl methyl sites for hydroxylation is 1. The van der Waals surface area contributed by atoms with E-state index in [0.717, 1.165) is 56.0 Å². The Labute approximate surface area is 220 Å². The van der Waals surface area contributed by atoms with E-state index >= 15 is 0 Å². The van der Waals surface area contributed by atoms with Crippen molar-refractivity contribution >= 4 is 46.9 Å². The van der Waals surface area contributed by atoms with Crippen LogP contribution in [0.1, 0.15) is 23.4 Å². The van der Waals surface area contributed by atoms with Gasteiger partial charge in [-0.15, -0.1) is 12.4 Å². The molecular weight excluding hydrogens is 503 g/mol. The van der Waals surface area contributed by atoms with Crippen LogP contribution in [0.4, 0.5) is 5.69 Å². The molecule has 0 bridgehead atoms. The van der Waals surface area contributed by atoms with Gasteiger partial charge in [0.2, 0.25) is 5.76 Å². The van der Waals surface area contributed by atoms with Crippen molar-refractivity contribution < 1.29 is 19.2 Å². The van der Waals surface area contributed by atoms with Crippen molar-refractivity contribution in [3.05, 3.63) is 64.5 Å². The van der Waals surface area contributed by atoms with Gasteiger partial charge in [0.25, 0.3) is 5.91 Å². The highest BCUT2D eigenvalue weighted by Gasteiger charge is 2.31. The highest BCUT2D eigenvalue weighted by atomic mass is 35.5. The molecule has 0 unspecified atom stereocenters. The Bertz CT molecular complexity index is 1270. The topological polar surface area (TPSA) is 99.9 Å². The number of anilines is 1. The Hall–Kier alpha value is -3.04. The molecule has 2 aromatic carbocycles. The molecule has 190 valence electrons. The number of hydrogen-bond donors (Lipinski definition) is 3. The van der Waals surface area contributed by atoms with Crippen LogP contribution in [0.15, 0.2) is 47.0 Å². The smallest absolute Gasteiger partial charge is 0.260 e. The van der Waals surface area contributed by atoms with Gasteiger partial charge in [0, 0.05) is 49.9 Å². The molecule has 1 fully saturated rings. The minimum Gasteiger partial charge on any atom is -0.504 e. The van der Waals surface area contributed by atoms with Crippen molar-refractivity contribution in [2.24, 2.45) is 0 Å². The molecule has 3 aromatic rings. The fourth-order valence-corrected chi connectivity index (χ4v) is 4.66. The zero-order chi connectivity index (χ0) is 24.4. The number of carbonyl (C=O) groups excluding carboxylic acids is 1. The number of amides is 1. The van der Waals surface area contributed by atoms with E-state index in [2.05, 4.69) is 20.7 Å². The molecule has 0 atom stereocenters. The van der Waals surface area contributed by atoms with Crippen LogP contribution < -0.4 is 15.4 Å². The van der Waals surface area contributed by atoms with Gasteiger partial charge in [-0.05, 0) is 43.2 Å². The van der Waals surface area contributed by atoms with Crippen LogP contribution in [0.25, 0.3) is 22.5 Å². The maximum Gasteiger partial charge on any atom is 0.260 e. The average molecular weight is 531 g/mol. The first-order chi connectivity index (χ1) is 17.0.